The third-order valence-electron chi connectivity index (χ3n) is 4.76. The Morgan fingerprint density at radius 2 is 1.95 bits per heavy atom. The van der Waals surface area contributed by atoms with Gasteiger partial charge in [0.2, 0.25) is 11.8 Å². The number of carbonyl (C=O) groups excluding carboxylic acids is 2. The molecule has 1 aliphatic heterocycles. The Morgan fingerprint density at radius 1 is 1.33 bits per heavy atom. The van der Waals surface area contributed by atoms with Gasteiger partial charge in [-0.3, -0.25) is 9.59 Å². The molecule has 0 aromatic heterocycles. The monoisotopic (exact) mass is 312 g/mol. The summed E-state index contributed by atoms with van der Waals surface area (Å²) in [4.78, 5) is 27.0. The van der Waals surface area contributed by atoms with Gasteiger partial charge in [0.1, 0.15) is 11.6 Å². The summed E-state index contributed by atoms with van der Waals surface area (Å²) in [5, 5.41) is 2.96. The van der Waals surface area contributed by atoms with Crippen molar-refractivity contribution >= 4 is 23.4 Å². The van der Waals surface area contributed by atoms with Crippen molar-refractivity contribution in [3.63, 3.8) is 0 Å². The summed E-state index contributed by atoms with van der Waals surface area (Å²) in [5.41, 5.74) is 1.53. The van der Waals surface area contributed by atoms with Crippen molar-refractivity contribution in [2.75, 3.05) is 6.54 Å². The van der Waals surface area contributed by atoms with E-state index in [2.05, 4.69) is 5.32 Å². The SMILES string of the molecule is CC(=CCl)CN1C(=O)C(C2CCCCC2)NC(=O)C1(C)C. The molecule has 21 heavy (non-hydrogen) atoms. The fraction of sp³-hybridized carbons (Fsp3) is 0.750. The molecule has 0 spiro atoms. The molecule has 2 aliphatic rings. The van der Waals surface area contributed by atoms with Gasteiger partial charge in [-0.15, -0.1) is 0 Å². The number of rotatable bonds is 3. The fourth-order valence-electron chi connectivity index (χ4n) is 3.29. The first-order valence-corrected chi connectivity index (χ1v) is 8.20. The van der Waals surface area contributed by atoms with E-state index in [9.17, 15) is 9.59 Å². The number of carbonyl (C=O) groups is 2. The number of hydrogen-bond donors (Lipinski definition) is 1. The number of nitrogens with zero attached hydrogens (tertiary/aromatic N) is 1. The lowest BCUT2D eigenvalue weighted by molar-refractivity contribution is -0.156. The predicted octanol–water partition coefficient (Wildman–Crippen LogP) is 2.81. The molecule has 0 bridgehead atoms. The highest BCUT2D eigenvalue weighted by Gasteiger charge is 2.48. The Morgan fingerprint density at radius 3 is 2.52 bits per heavy atom. The topological polar surface area (TPSA) is 49.4 Å². The Kier molecular flexibility index (Phi) is 4.97. The highest BCUT2D eigenvalue weighted by molar-refractivity contribution is 6.25. The van der Waals surface area contributed by atoms with Crippen molar-refractivity contribution < 1.29 is 9.59 Å². The summed E-state index contributed by atoms with van der Waals surface area (Å²) in [6, 6.07) is -0.367. The number of nitrogens with one attached hydrogen (secondary N) is 1. The predicted molar refractivity (Wildman–Crippen MR) is 83.9 cm³/mol. The molecule has 2 fully saturated rings. The van der Waals surface area contributed by atoms with E-state index in [4.69, 9.17) is 11.6 Å². The van der Waals surface area contributed by atoms with Crippen molar-refractivity contribution in [1.29, 1.82) is 0 Å². The molecular weight excluding hydrogens is 288 g/mol. The molecule has 118 valence electrons. The number of hydrogen-bond acceptors (Lipinski definition) is 2. The average molecular weight is 313 g/mol. The van der Waals surface area contributed by atoms with Gasteiger partial charge in [0.25, 0.3) is 0 Å². The van der Waals surface area contributed by atoms with Gasteiger partial charge < -0.3 is 10.2 Å². The van der Waals surface area contributed by atoms with Gasteiger partial charge in [-0.1, -0.05) is 30.9 Å². The summed E-state index contributed by atoms with van der Waals surface area (Å²) in [6.45, 7) is 5.86. The minimum atomic E-state index is -0.830. The Balaban J connectivity index is 2.23. The first-order chi connectivity index (χ1) is 9.87. The molecule has 1 aliphatic carbocycles. The first kappa shape index (κ1) is 16.3. The zero-order valence-corrected chi connectivity index (χ0v) is 13.9. The highest BCUT2D eigenvalue weighted by atomic mass is 35.5. The maximum Gasteiger partial charge on any atom is 0.246 e. The van der Waals surface area contributed by atoms with Crippen molar-refractivity contribution in [2.45, 2.75) is 64.5 Å². The normalized spacial score (nSPS) is 27.7. The Labute approximate surface area is 131 Å². The number of halogens is 1. The minimum absolute atomic E-state index is 0.0318. The molecule has 2 rings (SSSR count). The second-order valence-electron chi connectivity index (χ2n) is 6.79. The van der Waals surface area contributed by atoms with Crippen LogP contribution in [-0.4, -0.2) is 34.8 Å². The van der Waals surface area contributed by atoms with E-state index in [-0.39, 0.29) is 23.8 Å². The molecule has 1 unspecified atom stereocenters. The molecule has 1 saturated carbocycles. The molecule has 0 radical (unpaired) electrons. The molecule has 1 saturated heterocycles. The minimum Gasteiger partial charge on any atom is -0.342 e. The summed E-state index contributed by atoms with van der Waals surface area (Å²) in [7, 11) is 0. The van der Waals surface area contributed by atoms with E-state index < -0.39 is 5.54 Å². The van der Waals surface area contributed by atoms with Gasteiger partial charge in [0.15, 0.2) is 0 Å². The van der Waals surface area contributed by atoms with E-state index >= 15 is 0 Å². The van der Waals surface area contributed by atoms with E-state index in [1.165, 1.54) is 12.0 Å². The van der Waals surface area contributed by atoms with Crippen LogP contribution in [0.5, 0.6) is 0 Å². The van der Waals surface area contributed by atoms with Crippen LogP contribution in [0.2, 0.25) is 0 Å². The lowest BCUT2D eigenvalue weighted by Crippen LogP contribution is -2.70. The van der Waals surface area contributed by atoms with E-state index in [0.717, 1.165) is 31.3 Å². The van der Waals surface area contributed by atoms with Crippen LogP contribution in [0.25, 0.3) is 0 Å². The molecule has 5 heteroatoms. The van der Waals surface area contributed by atoms with Gasteiger partial charge in [-0.25, -0.2) is 0 Å². The van der Waals surface area contributed by atoms with Crippen molar-refractivity contribution in [1.82, 2.24) is 10.2 Å². The summed E-state index contributed by atoms with van der Waals surface area (Å²) >= 11 is 5.73. The first-order valence-electron chi connectivity index (χ1n) is 7.76. The second kappa shape index (κ2) is 6.39. The Bertz CT molecular complexity index is 453. The number of amides is 2. The molecule has 1 heterocycles. The highest BCUT2D eigenvalue weighted by Crippen LogP contribution is 2.32. The van der Waals surface area contributed by atoms with Gasteiger partial charge in [0, 0.05) is 12.1 Å². The summed E-state index contributed by atoms with van der Waals surface area (Å²) in [6.07, 6.45) is 5.57. The fourth-order valence-corrected chi connectivity index (χ4v) is 3.36. The van der Waals surface area contributed by atoms with Crippen LogP contribution in [0.3, 0.4) is 0 Å². The van der Waals surface area contributed by atoms with Crippen LogP contribution < -0.4 is 5.32 Å². The lowest BCUT2D eigenvalue weighted by atomic mass is 9.81. The zero-order chi connectivity index (χ0) is 15.6. The molecule has 1 atom stereocenters. The third kappa shape index (κ3) is 3.25. The van der Waals surface area contributed by atoms with Crippen LogP contribution in [0, 0.1) is 5.92 Å². The van der Waals surface area contributed by atoms with Crippen molar-refractivity contribution in [3.8, 4) is 0 Å². The molecule has 1 N–H and O–H groups in total. The lowest BCUT2D eigenvalue weighted by Gasteiger charge is -2.46. The summed E-state index contributed by atoms with van der Waals surface area (Å²) < 4.78 is 0. The van der Waals surface area contributed by atoms with E-state index in [1.807, 2.05) is 6.92 Å². The summed E-state index contributed by atoms with van der Waals surface area (Å²) in [5.74, 6) is 0.235. The quantitative estimate of drug-likeness (QED) is 0.871. The van der Waals surface area contributed by atoms with Crippen LogP contribution in [-0.2, 0) is 9.59 Å². The standard InChI is InChI=1S/C16H25ClN2O2/c1-11(9-17)10-19-14(20)13(12-7-5-4-6-8-12)18-15(21)16(19,2)3/h9,12-13H,4-8,10H2,1-3H3,(H,18,21). The number of piperazine rings is 1. The Hall–Kier alpha value is -1.03. The molecule has 2 amide bonds. The average Bonchev–Trinajstić information content (AvgIpc) is 2.48. The van der Waals surface area contributed by atoms with Crippen LogP contribution >= 0.6 is 11.6 Å². The third-order valence-corrected chi connectivity index (χ3v) is 5.14. The maximum absolute atomic E-state index is 12.9. The van der Waals surface area contributed by atoms with Gasteiger partial charge >= 0.3 is 0 Å². The van der Waals surface area contributed by atoms with Crippen LogP contribution in [0.1, 0.15) is 52.9 Å². The maximum atomic E-state index is 12.9. The van der Waals surface area contributed by atoms with E-state index in [1.54, 1.807) is 18.7 Å². The molecule has 4 nitrogen and oxygen atoms in total. The van der Waals surface area contributed by atoms with Crippen molar-refractivity contribution in [2.24, 2.45) is 5.92 Å². The van der Waals surface area contributed by atoms with Gasteiger partial charge in [0.05, 0.1) is 0 Å². The second-order valence-corrected chi connectivity index (χ2v) is 7.01. The zero-order valence-electron chi connectivity index (χ0n) is 13.1. The smallest absolute Gasteiger partial charge is 0.246 e. The van der Waals surface area contributed by atoms with Crippen LogP contribution in [0.4, 0.5) is 0 Å². The van der Waals surface area contributed by atoms with E-state index in [0.29, 0.717) is 6.54 Å². The largest absolute Gasteiger partial charge is 0.342 e. The van der Waals surface area contributed by atoms with Gasteiger partial charge in [-0.05, 0) is 45.1 Å². The molecule has 0 aromatic rings. The van der Waals surface area contributed by atoms with Crippen LogP contribution in [0.15, 0.2) is 11.1 Å². The van der Waals surface area contributed by atoms with Crippen molar-refractivity contribution in [3.05, 3.63) is 11.1 Å². The molecule has 0 aromatic carbocycles. The van der Waals surface area contributed by atoms with Gasteiger partial charge in [-0.2, -0.15) is 0 Å². The molecular formula is C16H25ClN2O2.